The number of hydrogen-bond acceptors (Lipinski definition) is 6. The average molecular weight is 631 g/mol. The molecule has 0 saturated carbocycles. The lowest BCUT2D eigenvalue weighted by molar-refractivity contribution is -0.288. The van der Waals surface area contributed by atoms with E-state index in [2.05, 4.69) is 22.6 Å². The van der Waals surface area contributed by atoms with Gasteiger partial charge in [0.2, 0.25) is 0 Å². The van der Waals surface area contributed by atoms with Gasteiger partial charge in [-0.15, -0.1) is 0 Å². The Morgan fingerprint density at radius 1 is 0.763 bits per heavy atom. The largest absolute Gasteiger partial charge is 0.374 e. The molecule has 0 bridgehead atoms. The molecule has 202 valence electrons. The minimum Gasteiger partial charge on any atom is -0.374 e. The predicted octanol–water partition coefficient (Wildman–Crippen LogP) is 5.90. The minimum atomic E-state index is -1.01. The lowest BCUT2D eigenvalue weighted by atomic mass is 10.00. The third-order valence-electron chi connectivity index (χ3n) is 6.24. The monoisotopic (exact) mass is 630 g/mol. The van der Waals surface area contributed by atoms with Gasteiger partial charge in [0, 0.05) is 0 Å². The molecule has 0 aliphatic carbocycles. The highest BCUT2D eigenvalue weighted by molar-refractivity contribution is 14.1. The fourth-order valence-corrected chi connectivity index (χ4v) is 5.15. The molecule has 0 radical (unpaired) electrons. The second-order valence-corrected chi connectivity index (χ2v) is 11.3. The number of carbonyl (C=O) groups excluding carboxylic acids is 1. The van der Waals surface area contributed by atoms with Crippen molar-refractivity contribution in [3.05, 3.63) is 108 Å². The highest BCUT2D eigenvalue weighted by Gasteiger charge is 2.48. The Balaban J connectivity index is 1.55. The van der Waals surface area contributed by atoms with Gasteiger partial charge in [-0.2, -0.15) is 0 Å². The summed E-state index contributed by atoms with van der Waals surface area (Å²) in [6.07, 6.45) is -1.15. The zero-order valence-electron chi connectivity index (χ0n) is 21.8. The maximum Gasteiger partial charge on any atom is 0.173 e. The quantitative estimate of drug-likeness (QED) is 0.133. The summed E-state index contributed by atoms with van der Waals surface area (Å²) in [5, 5.41) is 0. The molecule has 5 atom stereocenters. The van der Waals surface area contributed by atoms with E-state index in [1.54, 1.807) is 13.8 Å². The van der Waals surface area contributed by atoms with Crippen molar-refractivity contribution in [3.8, 4) is 0 Å². The van der Waals surface area contributed by atoms with Gasteiger partial charge in [-0.05, 0) is 30.5 Å². The summed E-state index contributed by atoms with van der Waals surface area (Å²) in [7, 11) is 0. The fourth-order valence-electron chi connectivity index (χ4n) is 4.22. The van der Waals surface area contributed by atoms with Crippen molar-refractivity contribution in [2.75, 3.05) is 6.61 Å². The number of benzene rings is 3. The Morgan fingerprint density at radius 3 is 1.74 bits per heavy atom. The molecule has 3 aromatic carbocycles. The first-order chi connectivity index (χ1) is 18.4. The Kier molecular flexibility index (Phi) is 10.9. The standard InChI is InChI=1S/C31H35IO6/c1-31(2,22-33)38-30-27(32)29(36-20-25-16-10-5-11-17-25)28(35-19-24-14-8-4-9-15-24)26(37-30)21-34-18-23-12-6-3-7-13-23/h3-17,22,26-30H,18-21H2,1-2H3/t26-,27-,28-,29-,30+/m1/s1. The highest BCUT2D eigenvalue weighted by Crippen LogP contribution is 2.34. The molecular weight excluding hydrogens is 595 g/mol. The van der Waals surface area contributed by atoms with Gasteiger partial charge in [-0.1, -0.05) is 114 Å². The number of hydrogen-bond donors (Lipinski definition) is 0. The molecule has 0 N–H and O–H groups in total. The Hall–Kier alpha value is -2.14. The lowest BCUT2D eigenvalue weighted by Crippen LogP contribution is -2.60. The van der Waals surface area contributed by atoms with E-state index in [9.17, 15) is 4.79 Å². The first-order valence-corrected chi connectivity index (χ1v) is 14.1. The van der Waals surface area contributed by atoms with E-state index < -0.39 is 24.1 Å². The van der Waals surface area contributed by atoms with Crippen molar-refractivity contribution in [2.45, 2.75) is 67.8 Å². The van der Waals surface area contributed by atoms with Gasteiger partial charge in [0.25, 0.3) is 0 Å². The molecule has 1 saturated heterocycles. The third-order valence-corrected chi connectivity index (χ3v) is 7.54. The van der Waals surface area contributed by atoms with Crippen LogP contribution >= 0.6 is 22.6 Å². The van der Waals surface area contributed by atoms with E-state index in [-0.39, 0.29) is 16.6 Å². The van der Waals surface area contributed by atoms with Gasteiger partial charge < -0.3 is 28.5 Å². The molecule has 6 nitrogen and oxygen atoms in total. The van der Waals surface area contributed by atoms with Crippen LogP contribution in [0.25, 0.3) is 0 Å². The average Bonchev–Trinajstić information content (AvgIpc) is 2.94. The second-order valence-electron chi connectivity index (χ2n) is 9.85. The fraction of sp³-hybridized carbons (Fsp3) is 0.387. The van der Waals surface area contributed by atoms with Crippen molar-refractivity contribution in [1.82, 2.24) is 0 Å². The van der Waals surface area contributed by atoms with Crippen LogP contribution in [0.1, 0.15) is 30.5 Å². The summed E-state index contributed by atoms with van der Waals surface area (Å²) in [6, 6.07) is 30.1. The maximum atomic E-state index is 11.7. The molecule has 1 aliphatic rings. The number of alkyl halides is 1. The SMILES string of the molecule is CC(C)(C=O)O[C@@H]1O[C@H](COCc2ccccc2)[C@@H](OCc2ccccc2)[C@H](OCc2ccccc2)[C@H]1I. The van der Waals surface area contributed by atoms with E-state index in [0.29, 0.717) is 19.8 Å². The lowest BCUT2D eigenvalue weighted by Gasteiger charge is -2.45. The van der Waals surface area contributed by atoms with Crippen LogP contribution in [0.15, 0.2) is 91.0 Å². The van der Waals surface area contributed by atoms with Crippen LogP contribution in [0, 0.1) is 0 Å². The van der Waals surface area contributed by atoms with Gasteiger partial charge in [-0.3, -0.25) is 0 Å². The normalized spacial score (nSPS) is 23.7. The van der Waals surface area contributed by atoms with Gasteiger partial charge in [-0.25, -0.2) is 0 Å². The van der Waals surface area contributed by atoms with Crippen molar-refractivity contribution in [2.24, 2.45) is 0 Å². The molecule has 0 aromatic heterocycles. The number of aldehydes is 1. The molecule has 1 heterocycles. The Morgan fingerprint density at radius 2 is 1.24 bits per heavy atom. The van der Waals surface area contributed by atoms with E-state index in [0.717, 1.165) is 23.0 Å². The maximum absolute atomic E-state index is 11.7. The smallest absolute Gasteiger partial charge is 0.173 e. The molecule has 4 rings (SSSR count). The third kappa shape index (κ3) is 8.43. The summed E-state index contributed by atoms with van der Waals surface area (Å²) in [4.78, 5) is 11.7. The molecule has 7 heteroatoms. The zero-order chi connectivity index (χ0) is 26.8. The number of ether oxygens (including phenoxy) is 5. The Bertz CT molecular complexity index is 1100. The van der Waals surface area contributed by atoms with Crippen molar-refractivity contribution < 1.29 is 28.5 Å². The topological polar surface area (TPSA) is 63.2 Å². The number of halogens is 1. The second kappa shape index (κ2) is 14.3. The molecule has 1 fully saturated rings. The first-order valence-electron chi connectivity index (χ1n) is 12.8. The Labute approximate surface area is 238 Å². The number of carbonyl (C=O) groups is 1. The molecular formula is C31H35IO6. The predicted molar refractivity (Wildman–Crippen MR) is 154 cm³/mol. The van der Waals surface area contributed by atoms with Crippen LogP contribution in [0.4, 0.5) is 0 Å². The summed E-state index contributed by atoms with van der Waals surface area (Å²) < 4.78 is 31.5. The molecule has 1 aliphatic heterocycles. The molecule has 0 spiro atoms. The molecule has 0 unspecified atom stereocenters. The van der Waals surface area contributed by atoms with E-state index in [1.165, 1.54) is 0 Å². The van der Waals surface area contributed by atoms with Gasteiger partial charge in [0.1, 0.15) is 23.9 Å². The van der Waals surface area contributed by atoms with Crippen molar-refractivity contribution >= 4 is 28.9 Å². The summed E-state index contributed by atoms with van der Waals surface area (Å²) in [5.74, 6) is 0. The van der Waals surface area contributed by atoms with Crippen LogP contribution in [-0.2, 0) is 48.3 Å². The summed E-state index contributed by atoms with van der Waals surface area (Å²) >= 11 is 2.29. The van der Waals surface area contributed by atoms with Crippen LogP contribution in [0.5, 0.6) is 0 Å². The van der Waals surface area contributed by atoms with Gasteiger partial charge in [0.05, 0.1) is 30.4 Å². The molecule has 0 amide bonds. The van der Waals surface area contributed by atoms with Crippen LogP contribution in [0.3, 0.4) is 0 Å². The highest BCUT2D eigenvalue weighted by atomic mass is 127. The molecule has 38 heavy (non-hydrogen) atoms. The minimum absolute atomic E-state index is 0.235. The van der Waals surface area contributed by atoms with Crippen LogP contribution in [-0.4, -0.2) is 47.0 Å². The van der Waals surface area contributed by atoms with Crippen LogP contribution < -0.4 is 0 Å². The van der Waals surface area contributed by atoms with Crippen molar-refractivity contribution in [1.29, 1.82) is 0 Å². The van der Waals surface area contributed by atoms with E-state index >= 15 is 0 Å². The van der Waals surface area contributed by atoms with Gasteiger partial charge >= 0.3 is 0 Å². The summed E-state index contributed by atoms with van der Waals surface area (Å²) in [6.45, 7) is 5.00. The zero-order valence-corrected chi connectivity index (χ0v) is 23.9. The van der Waals surface area contributed by atoms with Gasteiger partial charge in [0.15, 0.2) is 12.6 Å². The molecule has 3 aromatic rings. The van der Waals surface area contributed by atoms with Crippen LogP contribution in [0.2, 0.25) is 0 Å². The van der Waals surface area contributed by atoms with E-state index in [4.69, 9.17) is 23.7 Å². The summed E-state index contributed by atoms with van der Waals surface area (Å²) in [5.41, 5.74) is 2.19. The van der Waals surface area contributed by atoms with Crippen molar-refractivity contribution in [3.63, 3.8) is 0 Å². The first kappa shape index (κ1) is 28.9. The number of rotatable bonds is 13. The van der Waals surface area contributed by atoms with E-state index in [1.807, 2.05) is 91.0 Å².